The minimum atomic E-state index is -0.997. The van der Waals surface area contributed by atoms with Crippen molar-refractivity contribution in [3.05, 3.63) is 0 Å². The van der Waals surface area contributed by atoms with Crippen LogP contribution in [0.5, 0.6) is 0 Å². The van der Waals surface area contributed by atoms with Crippen molar-refractivity contribution in [2.75, 3.05) is 0 Å². The number of esters is 1. The second kappa shape index (κ2) is 12.9. The Kier molecular flexibility index (Phi) is 11.8. The van der Waals surface area contributed by atoms with E-state index in [-0.39, 0.29) is 6.42 Å². The number of nitrogens with zero attached hydrogens (tertiary/aromatic N) is 1. The van der Waals surface area contributed by atoms with E-state index in [9.17, 15) is 9.59 Å². The Balaban J connectivity index is 3.28. The molecule has 0 saturated carbocycles. The molecule has 0 aromatic rings. The molecular formula is C14H24N2O3. The van der Waals surface area contributed by atoms with E-state index in [4.69, 9.17) is 5.26 Å². The van der Waals surface area contributed by atoms with Crippen molar-refractivity contribution >= 4 is 12.1 Å². The van der Waals surface area contributed by atoms with Crippen LogP contribution in [0.25, 0.3) is 0 Å². The molecule has 19 heavy (non-hydrogen) atoms. The first-order valence-electron chi connectivity index (χ1n) is 7.10. The number of hydrogen-bond donors (Lipinski definition) is 1. The van der Waals surface area contributed by atoms with Crippen molar-refractivity contribution in [3.8, 4) is 6.19 Å². The van der Waals surface area contributed by atoms with Crippen LogP contribution in [0, 0.1) is 11.5 Å². The molecule has 0 aliphatic carbocycles. The highest BCUT2D eigenvalue weighted by Gasteiger charge is 2.08. The first kappa shape index (κ1) is 17.4. The number of carbonyl (C=O) groups excluding carboxylic acids is 2. The van der Waals surface area contributed by atoms with Crippen LogP contribution in [0.3, 0.4) is 0 Å². The topological polar surface area (TPSA) is 79.2 Å². The summed E-state index contributed by atoms with van der Waals surface area (Å²) in [4.78, 5) is 21.9. The van der Waals surface area contributed by atoms with Crippen LogP contribution >= 0.6 is 0 Å². The quantitative estimate of drug-likeness (QED) is 0.216. The molecule has 0 aromatic heterocycles. The first-order chi connectivity index (χ1) is 9.20. The van der Waals surface area contributed by atoms with Gasteiger partial charge in [-0.25, -0.2) is 10.1 Å². The highest BCUT2D eigenvalue weighted by atomic mass is 16.6. The molecule has 0 fully saturated rings. The van der Waals surface area contributed by atoms with Crippen LogP contribution < -0.4 is 5.32 Å². The van der Waals surface area contributed by atoms with E-state index >= 15 is 0 Å². The number of nitrogens with one attached hydrogen (secondary N) is 1. The second-order valence-corrected chi connectivity index (χ2v) is 4.58. The number of unbranched alkanes of at least 4 members (excludes halogenated alkanes) is 8. The minimum Gasteiger partial charge on any atom is -0.376 e. The Morgan fingerprint density at radius 1 is 1.00 bits per heavy atom. The van der Waals surface area contributed by atoms with Gasteiger partial charge in [-0.3, -0.25) is 4.79 Å². The summed E-state index contributed by atoms with van der Waals surface area (Å²) in [5.74, 6) is -0.573. The predicted molar refractivity (Wildman–Crippen MR) is 72.1 cm³/mol. The van der Waals surface area contributed by atoms with Crippen molar-refractivity contribution in [3.63, 3.8) is 0 Å². The summed E-state index contributed by atoms with van der Waals surface area (Å²) in [6.07, 6.45) is 11.1. The van der Waals surface area contributed by atoms with Gasteiger partial charge in [0.1, 0.15) is 0 Å². The van der Waals surface area contributed by atoms with Crippen molar-refractivity contribution < 1.29 is 14.3 Å². The fourth-order valence-corrected chi connectivity index (χ4v) is 1.81. The van der Waals surface area contributed by atoms with E-state index in [1.54, 1.807) is 5.32 Å². The number of alkyl carbamates (subject to hydrolysis) is 1. The average Bonchev–Trinajstić information content (AvgIpc) is 2.37. The van der Waals surface area contributed by atoms with Gasteiger partial charge in [0, 0.05) is 6.42 Å². The maximum absolute atomic E-state index is 11.1. The van der Waals surface area contributed by atoms with E-state index in [1.165, 1.54) is 44.7 Å². The smallest absolute Gasteiger partial charge is 0.376 e. The normalized spacial score (nSPS) is 9.68. The van der Waals surface area contributed by atoms with Crippen LogP contribution in [0.2, 0.25) is 0 Å². The zero-order chi connectivity index (χ0) is 14.3. The van der Waals surface area contributed by atoms with Gasteiger partial charge in [-0.2, -0.15) is 5.26 Å². The zero-order valence-corrected chi connectivity index (χ0v) is 11.7. The molecule has 5 heteroatoms. The van der Waals surface area contributed by atoms with Crippen molar-refractivity contribution in [1.82, 2.24) is 5.32 Å². The number of ether oxygens (including phenoxy) is 1. The van der Waals surface area contributed by atoms with Gasteiger partial charge in [-0.15, -0.1) is 0 Å². The third kappa shape index (κ3) is 12.7. The molecule has 0 bridgehead atoms. The summed E-state index contributed by atoms with van der Waals surface area (Å²) < 4.78 is 4.35. The Morgan fingerprint density at radius 3 is 2.05 bits per heavy atom. The Bertz CT molecular complexity index is 298. The molecule has 0 aliphatic heterocycles. The molecule has 0 unspecified atom stereocenters. The Hall–Kier alpha value is -1.57. The number of amides is 1. The molecule has 0 atom stereocenters. The molecule has 0 radical (unpaired) electrons. The van der Waals surface area contributed by atoms with Crippen LogP contribution in [0.1, 0.15) is 71.1 Å². The standard InChI is InChI=1S/C14H24N2O3/c1-2-3-4-5-6-7-8-9-10-11-13(17)19-14(18)16-12-15/h2-11H2,1H3,(H,16,18). The molecule has 1 N–H and O–H groups in total. The number of rotatable bonds is 10. The summed E-state index contributed by atoms with van der Waals surface area (Å²) >= 11 is 0. The van der Waals surface area contributed by atoms with Gasteiger partial charge in [0.05, 0.1) is 0 Å². The van der Waals surface area contributed by atoms with Crippen LogP contribution in [-0.2, 0) is 9.53 Å². The molecule has 0 saturated heterocycles. The molecule has 0 heterocycles. The summed E-state index contributed by atoms with van der Waals surface area (Å²) in [6.45, 7) is 2.20. The van der Waals surface area contributed by atoms with Crippen molar-refractivity contribution in [1.29, 1.82) is 5.26 Å². The summed E-state index contributed by atoms with van der Waals surface area (Å²) in [6, 6.07) is 0. The maximum Gasteiger partial charge on any atom is 0.428 e. The summed E-state index contributed by atoms with van der Waals surface area (Å²) in [5.41, 5.74) is 0. The molecule has 108 valence electrons. The maximum atomic E-state index is 11.1. The lowest BCUT2D eigenvalue weighted by molar-refractivity contribution is -0.137. The number of nitriles is 1. The van der Waals surface area contributed by atoms with E-state index < -0.39 is 12.1 Å². The zero-order valence-electron chi connectivity index (χ0n) is 11.7. The third-order valence-electron chi connectivity index (χ3n) is 2.85. The van der Waals surface area contributed by atoms with E-state index in [0.29, 0.717) is 0 Å². The largest absolute Gasteiger partial charge is 0.428 e. The van der Waals surface area contributed by atoms with Gasteiger partial charge in [0.25, 0.3) is 0 Å². The molecule has 0 aromatic carbocycles. The van der Waals surface area contributed by atoms with Gasteiger partial charge in [-0.1, -0.05) is 58.3 Å². The van der Waals surface area contributed by atoms with Crippen LogP contribution in [0.4, 0.5) is 4.79 Å². The monoisotopic (exact) mass is 268 g/mol. The molecular weight excluding hydrogens is 244 g/mol. The fraction of sp³-hybridized carbons (Fsp3) is 0.786. The predicted octanol–water partition coefficient (Wildman–Crippen LogP) is 3.64. The van der Waals surface area contributed by atoms with Gasteiger partial charge in [-0.05, 0) is 6.42 Å². The van der Waals surface area contributed by atoms with Gasteiger partial charge in [0.15, 0.2) is 6.19 Å². The Labute approximate surface area is 115 Å². The highest BCUT2D eigenvalue weighted by Crippen LogP contribution is 2.10. The molecule has 0 aliphatic rings. The van der Waals surface area contributed by atoms with E-state index in [0.717, 1.165) is 19.3 Å². The van der Waals surface area contributed by atoms with Gasteiger partial charge >= 0.3 is 12.1 Å². The summed E-state index contributed by atoms with van der Waals surface area (Å²) in [7, 11) is 0. The van der Waals surface area contributed by atoms with E-state index in [2.05, 4.69) is 11.7 Å². The lowest BCUT2D eigenvalue weighted by atomic mass is 10.1. The molecule has 0 rings (SSSR count). The Morgan fingerprint density at radius 2 is 1.53 bits per heavy atom. The van der Waals surface area contributed by atoms with Crippen LogP contribution in [-0.4, -0.2) is 12.1 Å². The minimum absolute atomic E-state index is 0.231. The lowest BCUT2D eigenvalue weighted by Crippen LogP contribution is -2.22. The summed E-state index contributed by atoms with van der Waals surface area (Å²) in [5, 5.41) is 9.86. The average molecular weight is 268 g/mol. The molecule has 0 spiro atoms. The SMILES string of the molecule is CCCCCCCCCCCC(=O)OC(=O)NC#N. The second-order valence-electron chi connectivity index (χ2n) is 4.58. The number of hydrogen-bond acceptors (Lipinski definition) is 4. The third-order valence-corrected chi connectivity index (χ3v) is 2.85. The van der Waals surface area contributed by atoms with Gasteiger partial charge in [0.2, 0.25) is 0 Å². The number of carbonyl (C=O) groups is 2. The molecule has 5 nitrogen and oxygen atoms in total. The van der Waals surface area contributed by atoms with E-state index in [1.807, 2.05) is 0 Å². The highest BCUT2D eigenvalue weighted by molar-refractivity contribution is 5.84. The van der Waals surface area contributed by atoms with Crippen LogP contribution in [0.15, 0.2) is 0 Å². The van der Waals surface area contributed by atoms with Crippen molar-refractivity contribution in [2.45, 2.75) is 71.1 Å². The molecule has 1 amide bonds. The fourth-order valence-electron chi connectivity index (χ4n) is 1.81. The van der Waals surface area contributed by atoms with Crippen molar-refractivity contribution in [2.24, 2.45) is 0 Å². The lowest BCUT2D eigenvalue weighted by Gasteiger charge is -2.02. The first-order valence-corrected chi connectivity index (χ1v) is 7.10. The van der Waals surface area contributed by atoms with Gasteiger partial charge < -0.3 is 4.74 Å².